The number of nitrogens with one attached hydrogen (secondary N) is 1. The smallest absolute Gasteiger partial charge is 0.307 e. The Morgan fingerprint density at radius 3 is 2.63 bits per heavy atom. The van der Waals surface area contributed by atoms with E-state index in [-0.39, 0.29) is 18.1 Å². The minimum Gasteiger partial charge on any atom is -0.466 e. The summed E-state index contributed by atoms with van der Waals surface area (Å²) in [6.07, 6.45) is 0.337. The van der Waals surface area contributed by atoms with Gasteiger partial charge < -0.3 is 10.1 Å². The number of benzene rings is 1. The Labute approximate surface area is 124 Å². The number of hydrogen-bond acceptors (Lipinski definition) is 3. The number of hydrogen-bond donors (Lipinski definition) is 1. The van der Waals surface area contributed by atoms with Crippen LogP contribution in [0.2, 0.25) is 10.0 Å². The normalized spacial score (nSPS) is 13.9. The molecule has 0 heterocycles. The van der Waals surface area contributed by atoms with Crippen molar-refractivity contribution in [2.24, 2.45) is 0 Å². The largest absolute Gasteiger partial charge is 0.466 e. The van der Waals surface area contributed by atoms with Crippen LogP contribution in [0.5, 0.6) is 0 Å². The summed E-state index contributed by atoms with van der Waals surface area (Å²) in [5.41, 5.74) is 0.960. The minimum atomic E-state index is -0.197. The lowest BCUT2D eigenvalue weighted by atomic mass is 10.1. The second kappa shape index (κ2) is 7.73. The van der Waals surface area contributed by atoms with E-state index in [0.29, 0.717) is 23.1 Å². The third-order valence-electron chi connectivity index (χ3n) is 2.74. The highest BCUT2D eigenvalue weighted by Crippen LogP contribution is 2.26. The van der Waals surface area contributed by atoms with Crippen molar-refractivity contribution in [1.82, 2.24) is 5.32 Å². The first kappa shape index (κ1) is 16.3. The molecule has 1 rings (SSSR count). The zero-order valence-electron chi connectivity index (χ0n) is 11.4. The molecule has 0 saturated carbocycles. The van der Waals surface area contributed by atoms with Crippen molar-refractivity contribution in [3.05, 3.63) is 33.8 Å². The van der Waals surface area contributed by atoms with Crippen molar-refractivity contribution in [1.29, 1.82) is 0 Å². The van der Waals surface area contributed by atoms with Crippen molar-refractivity contribution >= 4 is 29.2 Å². The van der Waals surface area contributed by atoms with Gasteiger partial charge in [0.1, 0.15) is 0 Å². The number of rotatable bonds is 6. The van der Waals surface area contributed by atoms with Crippen LogP contribution in [0, 0.1) is 0 Å². The quantitative estimate of drug-likeness (QED) is 0.808. The van der Waals surface area contributed by atoms with Crippen LogP contribution < -0.4 is 5.32 Å². The fraction of sp³-hybridized carbons (Fsp3) is 0.500. The Morgan fingerprint density at radius 1 is 1.37 bits per heavy atom. The lowest BCUT2D eigenvalue weighted by Crippen LogP contribution is -2.31. The molecule has 1 aromatic carbocycles. The second-order valence-corrected chi connectivity index (χ2v) is 5.31. The van der Waals surface area contributed by atoms with E-state index in [1.54, 1.807) is 19.1 Å². The van der Waals surface area contributed by atoms with E-state index in [4.69, 9.17) is 27.9 Å². The summed E-state index contributed by atoms with van der Waals surface area (Å²) in [7, 11) is 0. The van der Waals surface area contributed by atoms with Crippen LogP contribution in [0.15, 0.2) is 18.2 Å². The van der Waals surface area contributed by atoms with Crippen LogP contribution in [0.25, 0.3) is 0 Å². The predicted octanol–water partition coefficient (Wildman–Crippen LogP) is 3.99. The molecule has 0 amide bonds. The molecule has 0 spiro atoms. The number of carbonyl (C=O) groups excluding carboxylic acids is 1. The van der Waals surface area contributed by atoms with Crippen molar-refractivity contribution < 1.29 is 9.53 Å². The molecule has 19 heavy (non-hydrogen) atoms. The van der Waals surface area contributed by atoms with Crippen LogP contribution in [0.4, 0.5) is 0 Å². The van der Waals surface area contributed by atoms with Gasteiger partial charge in [-0.1, -0.05) is 29.3 Å². The standard InChI is InChI=1S/C14H19Cl2NO2/c1-4-19-14(18)7-9(2)17-10(3)12-6-5-11(15)8-13(12)16/h5-6,8-10,17H,4,7H2,1-3H3. The average molecular weight is 304 g/mol. The van der Waals surface area contributed by atoms with Gasteiger partial charge in [-0.2, -0.15) is 0 Å². The SMILES string of the molecule is CCOC(=O)CC(C)NC(C)c1ccc(Cl)cc1Cl. The lowest BCUT2D eigenvalue weighted by molar-refractivity contribution is -0.143. The molecule has 2 atom stereocenters. The molecule has 1 N–H and O–H groups in total. The molecule has 1 aromatic rings. The van der Waals surface area contributed by atoms with Gasteiger partial charge in [-0.05, 0) is 38.5 Å². The Kier molecular flexibility index (Phi) is 6.63. The molecule has 0 bridgehead atoms. The first-order chi connectivity index (χ1) is 8.93. The molecule has 0 aliphatic heterocycles. The van der Waals surface area contributed by atoms with Gasteiger partial charge in [0.2, 0.25) is 0 Å². The van der Waals surface area contributed by atoms with E-state index in [0.717, 1.165) is 5.56 Å². The first-order valence-corrected chi connectivity index (χ1v) is 7.06. The van der Waals surface area contributed by atoms with Crippen molar-refractivity contribution in [3.8, 4) is 0 Å². The highest BCUT2D eigenvalue weighted by molar-refractivity contribution is 6.35. The predicted molar refractivity (Wildman–Crippen MR) is 78.7 cm³/mol. The van der Waals surface area contributed by atoms with E-state index in [1.807, 2.05) is 19.9 Å². The number of carbonyl (C=O) groups is 1. The summed E-state index contributed by atoms with van der Waals surface area (Å²) in [4.78, 5) is 11.4. The molecule has 106 valence electrons. The molecular weight excluding hydrogens is 285 g/mol. The minimum absolute atomic E-state index is 0.0146. The van der Waals surface area contributed by atoms with Crippen molar-refractivity contribution in [2.45, 2.75) is 39.3 Å². The topological polar surface area (TPSA) is 38.3 Å². The van der Waals surface area contributed by atoms with Gasteiger partial charge in [-0.15, -0.1) is 0 Å². The Morgan fingerprint density at radius 2 is 2.05 bits per heavy atom. The third kappa shape index (κ3) is 5.39. The van der Waals surface area contributed by atoms with Gasteiger partial charge in [0.25, 0.3) is 0 Å². The van der Waals surface area contributed by atoms with Crippen LogP contribution in [0.1, 0.15) is 38.8 Å². The average Bonchev–Trinajstić information content (AvgIpc) is 2.28. The molecular formula is C14H19Cl2NO2. The summed E-state index contributed by atoms with van der Waals surface area (Å²) in [6.45, 7) is 6.14. The Bertz CT molecular complexity index is 437. The van der Waals surface area contributed by atoms with Crippen molar-refractivity contribution in [3.63, 3.8) is 0 Å². The monoisotopic (exact) mass is 303 g/mol. The van der Waals surface area contributed by atoms with Gasteiger partial charge in [0, 0.05) is 22.1 Å². The second-order valence-electron chi connectivity index (χ2n) is 4.46. The molecule has 3 nitrogen and oxygen atoms in total. The van der Waals surface area contributed by atoms with E-state index >= 15 is 0 Å². The molecule has 0 saturated heterocycles. The third-order valence-corrected chi connectivity index (χ3v) is 3.30. The number of ether oxygens (including phenoxy) is 1. The highest BCUT2D eigenvalue weighted by atomic mass is 35.5. The fourth-order valence-electron chi connectivity index (χ4n) is 1.90. The van der Waals surface area contributed by atoms with Gasteiger partial charge in [0.15, 0.2) is 0 Å². The van der Waals surface area contributed by atoms with Gasteiger partial charge in [-0.3, -0.25) is 4.79 Å². The van der Waals surface area contributed by atoms with Gasteiger partial charge in [-0.25, -0.2) is 0 Å². The zero-order valence-corrected chi connectivity index (χ0v) is 12.9. The molecule has 0 aliphatic carbocycles. The maximum absolute atomic E-state index is 11.4. The van der Waals surface area contributed by atoms with Crippen LogP contribution in [-0.4, -0.2) is 18.6 Å². The van der Waals surface area contributed by atoms with E-state index in [2.05, 4.69) is 5.32 Å². The fourth-order valence-corrected chi connectivity index (χ4v) is 2.47. The van der Waals surface area contributed by atoms with E-state index in [1.165, 1.54) is 0 Å². The van der Waals surface area contributed by atoms with E-state index < -0.39 is 0 Å². The molecule has 0 aliphatic rings. The zero-order chi connectivity index (χ0) is 14.4. The lowest BCUT2D eigenvalue weighted by Gasteiger charge is -2.20. The Hall–Kier alpha value is -0.770. The van der Waals surface area contributed by atoms with Crippen LogP contribution >= 0.6 is 23.2 Å². The number of halogens is 2. The number of esters is 1. The summed E-state index contributed by atoms with van der Waals surface area (Å²) in [5.74, 6) is -0.197. The van der Waals surface area contributed by atoms with Gasteiger partial charge in [0.05, 0.1) is 13.0 Å². The van der Waals surface area contributed by atoms with Gasteiger partial charge >= 0.3 is 5.97 Å². The molecule has 2 unspecified atom stereocenters. The highest BCUT2D eigenvalue weighted by Gasteiger charge is 2.15. The molecule has 0 radical (unpaired) electrons. The van der Waals surface area contributed by atoms with Crippen LogP contribution in [-0.2, 0) is 9.53 Å². The summed E-state index contributed by atoms with van der Waals surface area (Å²) in [6, 6.07) is 5.46. The summed E-state index contributed by atoms with van der Waals surface area (Å²) >= 11 is 12.0. The van der Waals surface area contributed by atoms with Crippen molar-refractivity contribution in [2.75, 3.05) is 6.61 Å². The summed E-state index contributed by atoms with van der Waals surface area (Å²) < 4.78 is 4.92. The molecule has 5 heteroatoms. The maximum Gasteiger partial charge on any atom is 0.307 e. The Balaban J connectivity index is 2.58. The first-order valence-electron chi connectivity index (χ1n) is 6.30. The summed E-state index contributed by atoms with van der Waals surface area (Å²) in [5, 5.41) is 4.55. The van der Waals surface area contributed by atoms with Crippen LogP contribution in [0.3, 0.4) is 0 Å². The van der Waals surface area contributed by atoms with E-state index in [9.17, 15) is 4.79 Å². The molecule has 0 aromatic heterocycles. The maximum atomic E-state index is 11.4. The molecule has 0 fully saturated rings.